The Hall–Kier alpha value is -4.30. The van der Waals surface area contributed by atoms with Crippen LogP contribution in [0.15, 0.2) is 49.3 Å². The van der Waals surface area contributed by atoms with Crippen LogP contribution >= 0.6 is 0 Å². The van der Waals surface area contributed by atoms with Gasteiger partial charge in [-0.25, -0.2) is 15.0 Å². The van der Waals surface area contributed by atoms with E-state index in [-0.39, 0.29) is 17.6 Å². The van der Waals surface area contributed by atoms with Gasteiger partial charge in [0.2, 0.25) is 0 Å². The van der Waals surface area contributed by atoms with E-state index in [1.165, 1.54) is 6.20 Å². The van der Waals surface area contributed by atoms with Crippen LogP contribution in [0.4, 0.5) is 5.82 Å². The summed E-state index contributed by atoms with van der Waals surface area (Å²) in [5.41, 5.74) is 2.66. The summed E-state index contributed by atoms with van der Waals surface area (Å²) in [5.74, 6) is 0.420. The number of nitrogens with zero attached hydrogens (tertiary/aromatic N) is 8. The van der Waals surface area contributed by atoms with Crippen LogP contribution in [0.25, 0.3) is 22.2 Å². The summed E-state index contributed by atoms with van der Waals surface area (Å²) in [6.07, 6.45) is 10.8. The Morgan fingerprint density at radius 2 is 1.83 bits per heavy atom. The smallest absolute Gasteiger partial charge is 0.271 e. The van der Waals surface area contributed by atoms with Crippen LogP contribution in [-0.2, 0) is 5.54 Å². The highest BCUT2D eigenvalue weighted by Gasteiger charge is 2.46. The van der Waals surface area contributed by atoms with Crippen LogP contribution < -0.4 is 10.2 Å². The lowest BCUT2D eigenvalue weighted by Gasteiger charge is -2.49. The Labute approximate surface area is 248 Å². The highest BCUT2D eigenvalue weighted by atomic mass is 16.1. The summed E-state index contributed by atoms with van der Waals surface area (Å²) in [7, 11) is 0. The number of H-pyrrole nitrogens is 1. The molecule has 0 saturated carbocycles. The fourth-order valence-corrected chi connectivity index (χ4v) is 5.51. The van der Waals surface area contributed by atoms with E-state index in [2.05, 4.69) is 75.9 Å². The van der Waals surface area contributed by atoms with Gasteiger partial charge >= 0.3 is 0 Å². The molecular weight excluding hydrogens is 528 g/mol. The number of rotatable bonds is 9. The minimum atomic E-state index is -0.452. The molecule has 0 aliphatic carbocycles. The Balaban J connectivity index is 0.000000392. The van der Waals surface area contributed by atoms with Gasteiger partial charge in [0.1, 0.15) is 22.7 Å². The van der Waals surface area contributed by atoms with Gasteiger partial charge in [0.25, 0.3) is 5.91 Å². The van der Waals surface area contributed by atoms with Crippen molar-refractivity contribution in [1.82, 2.24) is 39.9 Å². The van der Waals surface area contributed by atoms with E-state index in [0.29, 0.717) is 37.4 Å². The Morgan fingerprint density at radius 3 is 2.40 bits per heavy atom. The summed E-state index contributed by atoms with van der Waals surface area (Å²) in [6.45, 7) is 17.3. The highest BCUT2D eigenvalue weighted by Crippen LogP contribution is 2.36. The van der Waals surface area contributed by atoms with Crippen molar-refractivity contribution < 1.29 is 4.79 Å². The van der Waals surface area contributed by atoms with E-state index < -0.39 is 5.54 Å². The first-order chi connectivity index (χ1) is 20.1. The van der Waals surface area contributed by atoms with E-state index in [1.807, 2.05) is 54.2 Å². The summed E-state index contributed by atoms with van der Waals surface area (Å²) in [4.78, 5) is 32.7. The molecule has 0 aromatic carbocycles. The SMILES string of the molecule is CC(C)NC(=O)c1cnc(N2CC(CC#N)(n3cc(-c4ccnc5[nH]ccc45)cn3)C2)cn1.CCN(C(C)C)C(C)C. The number of anilines is 1. The number of aromatic amines is 1. The minimum absolute atomic E-state index is 0.0282. The molecule has 0 bridgehead atoms. The van der Waals surface area contributed by atoms with Crippen molar-refractivity contribution >= 4 is 22.8 Å². The number of hydrogen-bond donors (Lipinski definition) is 2. The van der Waals surface area contributed by atoms with Gasteiger partial charge in [-0.15, -0.1) is 0 Å². The van der Waals surface area contributed by atoms with Crippen molar-refractivity contribution in [3.8, 4) is 17.2 Å². The van der Waals surface area contributed by atoms with E-state index in [1.54, 1.807) is 12.4 Å². The molecule has 1 saturated heterocycles. The second-order valence-electron chi connectivity index (χ2n) is 11.6. The van der Waals surface area contributed by atoms with Crippen LogP contribution in [0.3, 0.4) is 0 Å². The van der Waals surface area contributed by atoms with Crippen LogP contribution in [0.1, 0.15) is 65.4 Å². The highest BCUT2D eigenvalue weighted by molar-refractivity contribution is 5.93. The molecule has 4 aromatic rings. The number of amides is 1. The van der Waals surface area contributed by atoms with Crippen LogP contribution in [0.2, 0.25) is 0 Å². The molecule has 0 radical (unpaired) electrons. The normalized spacial score (nSPS) is 14.2. The van der Waals surface area contributed by atoms with Crippen molar-refractivity contribution in [3.63, 3.8) is 0 Å². The quantitative estimate of drug-likeness (QED) is 0.298. The van der Waals surface area contributed by atoms with Crippen LogP contribution in [-0.4, -0.2) is 78.3 Å². The number of nitriles is 1. The first-order valence-electron chi connectivity index (χ1n) is 14.6. The topological polar surface area (TPSA) is 132 Å². The Kier molecular flexibility index (Phi) is 9.58. The summed E-state index contributed by atoms with van der Waals surface area (Å²) in [6, 6.07) is 7.68. The molecule has 0 unspecified atom stereocenters. The number of fused-ring (bicyclic) bond motifs is 1. The minimum Gasteiger partial charge on any atom is -0.350 e. The van der Waals surface area contributed by atoms with Crippen molar-refractivity contribution in [2.24, 2.45) is 0 Å². The monoisotopic (exact) mass is 570 g/mol. The molecule has 222 valence electrons. The number of hydrogen-bond acceptors (Lipinski definition) is 8. The molecule has 0 spiro atoms. The van der Waals surface area contributed by atoms with Crippen LogP contribution in [0.5, 0.6) is 0 Å². The molecule has 5 rings (SSSR count). The molecule has 2 N–H and O–H groups in total. The summed E-state index contributed by atoms with van der Waals surface area (Å²) in [5, 5.41) is 17.9. The maximum absolute atomic E-state index is 12.1. The van der Waals surface area contributed by atoms with Crippen molar-refractivity contribution in [1.29, 1.82) is 5.26 Å². The molecule has 1 aliphatic heterocycles. The van der Waals surface area contributed by atoms with Gasteiger partial charge in [-0.05, 0) is 65.8 Å². The molecular formula is C31H42N10O. The molecule has 0 atom stereocenters. The third-order valence-corrected chi connectivity index (χ3v) is 7.52. The van der Waals surface area contributed by atoms with E-state index in [4.69, 9.17) is 0 Å². The van der Waals surface area contributed by atoms with Gasteiger partial charge < -0.3 is 15.2 Å². The van der Waals surface area contributed by atoms with E-state index in [9.17, 15) is 10.1 Å². The molecule has 5 heterocycles. The van der Waals surface area contributed by atoms with Gasteiger partial charge in [-0.3, -0.25) is 14.4 Å². The zero-order chi connectivity index (χ0) is 30.4. The van der Waals surface area contributed by atoms with Crippen LogP contribution in [0, 0.1) is 11.3 Å². The number of carbonyl (C=O) groups excluding carboxylic acids is 1. The van der Waals surface area contributed by atoms with Gasteiger partial charge in [0.15, 0.2) is 0 Å². The standard InChI is InChI=1S/C23H23N9O.C8H19N/c1-15(2)30-22(33)19-10-28-20(11-27-19)31-13-23(14-31,5-6-24)32-12-16(9-29-32)17-3-7-25-21-18(17)4-8-26-21;1-6-9(7(2)3)8(4)5/h3-4,7-12,15H,5,13-14H2,1-2H3,(H,25,26)(H,30,33);7-8H,6H2,1-5H3. The largest absolute Gasteiger partial charge is 0.350 e. The molecule has 1 amide bonds. The average Bonchev–Trinajstić information content (AvgIpc) is 3.61. The predicted octanol–water partition coefficient (Wildman–Crippen LogP) is 4.61. The van der Waals surface area contributed by atoms with Gasteiger partial charge in [0.05, 0.1) is 31.1 Å². The van der Waals surface area contributed by atoms with Gasteiger partial charge in [0, 0.05) is 60.8 Å². The molecule has 11 heteroatoms. The first kappa shape index (κ1) is 30.7. The molecule has 1 fully saturated rings. The predicted molar refractivity (Wildman–Crippen MR) is 165 cm³/mol. The van der Waals surface area contributed by atoms with E-state index >= 15 is 0 Å². The summed E-state index contributed by atoms with van der Waals surface area (Å²) >= 11 is 0. The number of carbonyl (C=O) groups is 1. The second-order valence-corrected chi connectivity index (χ2v) is 11.6. The van der Waals surface area contributed by atoms with Gasteiger partial charge in [-0.1, -0.05) is 6.92 Å². The maximum atomic E-state index is 12.1. The lowest BCUT2D eigenvalue weighted by Crippen LogP contribution is -2.63. The fraction of sp³-hybridized carbons (Fsp3) is 0.484. The van der Waals surface area contributed by atoms with Gasteiger partial charge in [-0.2, -0.15) is 10.4 Å². The molecule has 1 aliphatic rings. The third kappa shape index (κ3) is 6.60. The average molecular weight is 571 g/mol. The van der Waals surface area contributed by atoms with Crippen molar-refractivity contribution in [2.45, 2.75) is 78.6 Å². The molecule has 4 aromatic heterocycles. The molecule has 42 heavy (non-hydrogen) atoms. The zero-order valence-corrected chi connectivity index (χ0v) is 25.7. The zero-order valence-electron chi connectivity index (χ0n) is 25.7. The van der Waals surface area contributed by atoms with Crippen molar-refractivity contribution in [2.75, 3.05) is 24.5 Å². The van der Waals surface area contributed by atoms with Crippen molar-refractivity contribution in [3.05, 3.63) is 55.0 Å². The Bertz CT molecular complexity index is 1500. The fourth-order valence-electron chi connectivity index (χ4n) is 5.51. The summed E-state index contributed by atoms with van der Waals surface area (Å²) < 4.78 is 1.89. The maximum Gasteiger partial charge on any atom is 0.271 e. The van der Waals surface area contributed by atoms with E-state index in [0.717, 1.165) is 28.7 Å². The lowest BCUT2D eigenvalue weighted by atomic mass is 9.87. The number of nitrogens with one attached hydrogen (secondary N) is 2. The third-order valence-electron chi connectivity index (χ3n) is 7.52. The molecule has 11 nitrogen and oxygen atoms in total. The number of pyridine rings is 1. The Morgan fingerprint density at radius 1 is 1.10 bits per heavy atom. The second kappa shape index (κ2) is 13.1. The lowest BCUT2D eigenvalue weighted by molar-refractivity contribution is 0.0937. The first-order valence-corrected chi connectivity index (χ1v) is 14.6. The number of aromatic nitrogens is 6.